The zero-order valence-electron chi connectivity index (χ0n) is 15.5. The summed E-state index contributed by atoms with van der Waals surface area (Å²) in [5, 5.41) is 16.4. The molecule has 0 spiro atoms. The summed E-state index contributed by atoms with van der Waals surface area (Å²) < 4.78 is 1.59. The highest BCUT2D eigenvalue weighted by atomic mass is 16.3. The van der Waals surface area contributed by atoms with Crippen LogP contribution < -0.4 is 5.32 Å². The molecule has 3 aromatic rings. The van der Waals surface area contributed by atoms with Gasteiger partial charge in [0.2, 0.25) is 0 Å². The summed E-state index contributed by atoms with van der Waals surface area (Å²) in [7, 11) is 0. The topological polar surface area (TPSA) is 79.5 Å². The smallest absolute Gasteiger partial charge is 0.272 e. The lowest BCUT2D eigenvalue weighted by Crippen LogP contribution is -2.27. The van der Waals surface area contributed by atoms with Crippen LogP contribution in [0.2, 0.25) is 0 Å². The highest BCUT2D eigenvalue weighted by Gasteiger charge is 2.17. The summed E-state index contributed by atoms with van der Waals surface area (Å²) in [5.74, 6) is -0.213. The van der Waals surface area contributed by atoms with Gasteiger partial charge in [-0.3, -0.25) is 4.79 Å². The Morgan fingerprint density at radius 2 is 2.07 bits per heavy atom. The predicted octanol–water partition coefficient (Wildman–Crippen LogP) is 2.63. The molecule has 1 unspecified atom stereocenters. The summed E-state index contributed by atoms with van der Waals surface area (Å²) in [6.45, 7) is 2.05. The average Bonchev–Trinajstić information content (AvgIpc) is 3.11. The maximum atomic E-state index is 12.6. The van der Waals surface area contributed by atoms with Gasteiger partial charge in [-0.15, -0.1) is 0 Å². The van der Waals surface area contributed by atoms with E-state index in [2.05, 4.69) is 33.6 Å². The minimum absolute atomic E-state index is 0.0556. The van der Waals surface area contributed by atoms with Crippen molar-refractivity contribution in [1.29, 1.82) is 0 Å². The molecule has 0 saturated carbocycles. The van der Waals surface area contributed by atoms with Gasteiger partial charge < -0.3 is 10.4 Å². The molecule has 4 rings (SSSR count). The van der Waals surface area contributed by atoms with Crippen LogP contribution in [0.15, 0.2) is 36.7 Å². The van der Waals surface area contributed by atoms with Gasteiger partial charge in [0.25, 0.3) is 5.91 Å². The largest absolute Gasteiger partial charge is 0.396 e. The number of carbonyl (C=O) groups is 1. The number of fused-ring (bicyclic) bond motifs is 2. The van der Waals surface area contributed by atoms with E-state index in [9.17, 15) is 4.79 Å². The number of rotatable bonds is 5. The van der Waals surface area contributed by atoms with Crippen LogP contribution in [-0.2, 0) is 19.3 Å². The van der Waals surface area contributed by atoms with E-state index in [0.717, 1.165) is 24.0 Å². The first kappa shape index (κ1) is 17.7. The van der Waals surface area contributed by atoms with Crippen LogP contribution in [0, 0.1) is 0 Å². The molecule has 140 valence electrons. The first-order chi connectivity index (χ1) is 13.1. The average molecular weight is 364 g/mol. The molecule has 1 amide bonds. The minimum Gasteiger partial charge on any atom is -0.396 e. The monoisotopic (exact) mass is 364 g/mol. The molecule has 2 aromatic heterocycles. The van der Waals surface area contributed by atoms with Gasteiger partial charge in [0.1, 0.15) is 0 Å². The zero-order chi connectivity index (χ0) is 18.8. The number of carbonyl (C=O) groups excluding carboxylic acids is 1. The molecule has 1 aliphatic rings. The minimum atomic E-state index is -0.213. The van der Waals surface area contributed by atoms with Crippen molar-refractivity contribution in [3.8, 4) is 0 Å². The van der Waals surface area contributed by atoms with Crippen molar-refractivity contribution in [2.45, 2.75) is 45.1 Å². The number of aryl methyl sites for hydroxylation is 2. The van der Waals surface area contributed by atoms with Crippen molar-refractivity contribution in [2.24, 2.45) is 0 Å². The van der Waals surface area contributed by atoms with Crippen molar-refractivity contribution in [3.05, 3.63) is 64.6 Å². The van der Waals surface area contributed by atoms with Crippen LogP contribution in [0.3, 0.4) is 0 Å². The molecule has 1 aromatic carbocycles. The van der Waals surface area contributed by atoms with Gasteiger partial charge in [0, 0.05) is 25.1 Å². The zero-order valence-corrected chi connectivity index (χ0v) is 15.5. The van der Waals surface area contributed by atoms with E-state index >= 15 is 0 Å². The Morgan fingerprint density at radius 3 is 2.89 bits per heavy atom. The van der Waals surface area contributed by atoms with Gasteiger partial charge in [-0.05, 0) is 61.3 Å². The number of aromatic nitrogens is 3. The summed E-state index contributed by atoms with van der Waals surface area (Å²) >= 11 is 0. The summed E-state index contributed by atoms with van der Waals surface area (Å²) in [6, 6.07) is 8.13. The molecule has 2 heterocycles. The molecule has 27 heavy (non-hydrogen) atoms. The second kappa shape index (κ2) is 7.48. The molecule has 6 nitrogen and oxygen atoms in total. The number of aliphatic hydroxyl groups is 1. The van der Waals surface area contributed by atoms with Gasteiger partial charge in [-0.25, -0.2) is 9.50 Å². The van der Waals surface area contributed by atoms with Crippen LogP contribution in [0.5, 0.6) is 0 Å². The molecular formula is C21H24N4O2. The molecule has 0 aliphatic heterocycles. The third kappa shape index (κ3) is 3.71. The Morgan fingerprint density at radius 1 is 1.26 bits per heavy atom. The van der Waals surface area contributed by atoms with Gasteiger partial charge in [-0.1, -0.05) is 18.2 Å². The fourth-order valence-corrected chi connectivity index (χ4v) is 3.66. The second-order valence-electron chi connectivity index (χ2n) is 7.20. The first-order valence-corrected chi connectivity index (χ1v) is 9.52. The van der Waals surface area contributed by atoms with Gasteiger partial charge in [0.15, 0.2) is 11.3 Å². The molecule has 0 fully saturated rings. The van der Waals surface area contributed by atoms with Crippen molar-refractivity contribution in [3.63, 3.8) is 0 Å². The van der Waals surface area contributed by atoms with Crippen LogP contribution >= 0.6 is 0 Å². The summed E-state index contributed by atoms with van der Waals surface area (Å²) in [4.78, 5) is 16.9. The molecule has 2 N–H and O–H groups in total. The Kier molecular flexibility index (Phi) is 4.90. The van der Waals surface area contributed by atoms with Crippen molar-refractivity contribution >= 4 is 11.6 Å². The van der Waals surface area contributed by atoms with E-state index in [1.807, 2.05) is 6.92 Å². The predicted molar refractivity (Wildman–Crippen MR) is 103 cm³/mol. The number of aliphatic hydroxyl groups excluding tert-OH is 1. The normalized spacial score (nSPS) is 14.7. The second-order valence-corrected chi connectivity index (χ2v) is 7.20. The lowest BCUT2D eigenvalue weighted by Gasteiger charge is -2.19. The van der Waals surface area contributed by atoms with Crippen LogP contribution in [0.25, 0.3) is 5.65 Å². The quantitative estimate of drug-likeness (QED) is 0.729. The molecular weight excluding hydrogens is 340 g/mol. The molecule has 0 bridgehead atoms. The van der Waals surface area contributed by atoms with Crippen molar-refractivity contribution in [2.75, 3.05) is 6.61 Å². The molecule has 1 aliphatic carbocycles. The van der Waals surface area contributed by atoms with E-state index in [1.165, 1.54) is 24.0 Å². The number of hydrogen-bond donors (Lipinski definition) is 2. The van der Waals surface area contributed by atoms with Gasteiger partial charge in [-0.2, -0.15) is 5.10 Å². The number of nitrogens with one attached hydrogen (secondary N) is 1. The highest BCUT2D eigenvalue weighted by Crippen LogP contribution is 2.25. The standard InChI is InChI=1S/C21H24N4O2/c1-14(17-7-6-16-4-2-3-5-18(16)10-17)23-21(27)19-11-20-22-12-15(8-9-26)13-25(20)24-19/h6-7,10-14,26H,2-5,8-9H2,1H3,(H,23,27). The summed E-state index contributed by atoms with van der Waals surface area (Å²) in [5.41, 5.74) is 5.80. The van der Waals surface area contributed by atoms with Crippen LogP contribution in [0.1, 0.15) is 58.5 Å². The third-order valence-corrected chi connectivity index (χ3v) is 5.22. The first-order valence-electron chi connectivity index (χ1n) is 9.52. The fraction of sp³-hybridized carbons (Fsp3) is 0.381. The van der Waals surface area contributed by atoms with Crippen LogP contribution in [0.4, 0.5) is 0 Å². The maximum Gasteiger partial charge on any atom is 0.272 e. The van der Waals surface area contributed by atoms with E-state index in [4.69, 9.17) is 5.11 Å². The molecule has 0 saturated heterocycles. The Hall–Kier alpha value is -2.73. The number of hydrogen-bond acceptors (Lipinski definition) is 4. The van der Waals surface area contributed by atoms with E-state index in [1.54, 1.807) is 23.0 Å². The van der Waals surface area contributed by atoms with Crippen molar-refractivity contribution < 1.29 is 9.90 Å². The SMILES string of the molecule is CC(NC(=O)c1cc2ncc(CCO)cn2n1)c1ccc2c(c1)CCCC2. The summed E-state index contributed by atoms with van der Waals surface area (Å²) in [6.07, 6.45) is 8.79. The number of nitrogens with zero attached hydrogens (tertiary/aromatic N) is 3. The number of benzene rings is 1. The lowest BCUT2D eigenvalue weighted by atomic mass is 9.89. The van der Waals surface area contributed by atoms with Gasteiger partial charge in [0.05, 0.1) is 6.04 Å². The number of amides is 1. The molecule has 1 atom stereocenters. The van der Waals surface area contributed by atoms with Crippen LogP contribution in [-0.4, -0.2) is 32.2 Å². The molecule has 0 radical (unpaired) electrons. The third-order valence-electron chi connectivity index (χ3n) is 5.22. The van der Waals surface area contributed by atoms with E-state index in [-0.39, 0.29) is 18.6 Å². The van der Waals surface area contributed by atoms with E-state index in [0.29, 0.717) is 17.8 Å². The van der Waals surface area contributed by atoms with E-state index < -0.39 is 0 Å². The Labute approximate surface area is 158 Å². The maximum absolute atomic E-state index is 12.6. The Bertz CT molecular complexity index is 979. The highest BCUT2D eigenvalue weighted by molar-refractivity contribution is 5.93. The van der Waals surface area contributed by atoms with Gasteiger partial charge >= 0.3 is 0 Å². The van der Waals surface area contributed by atoms with Crippen molar-refractivity contribution in [1.82, 2.24) is 19.9 Å². The lowest BCUT2D eigenvalue weighted by molar-refractivity contribution is 0.0934. The Balaban J connectivity index is 1.50. The molecule has 6 heteroatoms. The fourth-order valence-electron chi connectivity index (χ4n) is 3.66.